The van der Waals surface area contributed by atoms with Crippen molar-refractivity contribution < 1.29 is 8.42 Å². The maximum atomic E-state index is 12.2. The van der Waals surface area contributed by atoms with Crippen LogP contribution in [0.25, 0.3) is 5.69 Å². The fourth-order valence-electron chi connectivity index (χ4n) is 2.85. The van der Waals surface area contributed by atoms with Crippen LogP contribution in [0.2, 0.25) is 0 Å². The number of nitrogens with one attached hydrogen (secondary N) is 2. The molecule has 0 amide bonds. The largest absolute Gasteiger partial charge is 0.355 e. The summed E-state index contributed by atoms with van der Waals surface area (Å²) in [5.41, 5.74) is 2.02. The fourth-order valence-corrected chi connectivity index (χ4v) is 3.84. The SMILES string of the molecule is CN=C(NCCNS(=O)(=O)c1cccnc1)N(C)Cc1cnn(-c2ccccc2)c1.I. The van der Waals surface area contributed by atoms with E-state index in [-0.39, 0.29) is 35.4 Å². The molecule has 3 aromatic rings. The standard InChI is InChI=1S/C20H25N7O2S.HI/c1-21-20(23-11-12-25-30(28,29)19-9-6-10-22-14-19)26(2)15-17-13-24-27(16-17)18-7-4-3-5-8-18;/h3-10,13-14,16,25H,11-12,15H2,1-2H3,(H,21,23);1H. The maximum Gasteiger partial charge on any atom is 0.242 e. The van der Waals surface area contributed by atoms with Gasteiger partial charge >= 0.3 is 0 Å². The molecule has 2 aromatic heterocycles. The summed E-state index contributed by atoms with van der Waals surface area (Å²) in [7, 11) is 0.0239. The lowest BCUT2D eigenvalue weighted by Crippen LogP contribution is -2.42. The van der Waals surface area contributed by atoms with Crippen LogP contribution in [0.4, 0.5) is 0 Å². The van der Waals surface area contributed by atoms with E-state index in [0.717, 1.165) is 11.3 Å². The lowest BCUT2D eigenvalue weighted by Gasteiger charge is -2.21. The van der Waals surface area contributed by atoms with Crippen LogP contribution in [0.5, 0.6) is 0 Å². The quantitative estimate of drug-likeness (QED) is 0.191. The van der Waals surface area contributed by atoms with E-state index in [4.69, 9.17) is 0 Å². The van der Waals surface area contributed by atoms with Gasteiger partial charge in [0.25, 0.3) is 0 Å². The summed E-state index contributed by atoms with van der Waals surface area (Å²) in [5.74, 6) is 0.656. The number of hydrogen-bond acceptors (Lipinski definition) is 5. The van der Waals surface area contributed by atoms with Gasteiger partial charge in [0.2, 0.25) is 10.0 Å². The van der Waals surface area contributed by atoms with Gasteiger partial charge in [-0.3, -0.25) is 9.98 Å². The maximum absolute atomic E-state index is 12.2. The number of sulfonamides is 1. The Morgan fingerprint density at radius 2 is 1.90 bits per heavy atom. The summed E-state index contributed by atoms with van der Waals surface area (Å²) in [6.45, 7) is 1.21. The van der Waals surface area contributed by atoms with Crippen molar-refractivity contribution in [3.8, 4) is 5.69 Å². The highest BCUT2D eigenvalue weighted by atomic mass is 127. The Kier molecular flexibility index (Phi) is 9.40. The summed E-state index contributed by atoms with van der Waals surface area (Å²) in [4.78, 5) is 10.2. The van der Waals surface area contributed by atoms with Crippen LogP contribution in [0.15, 0.2) is 77.1 Å². The number of benzene rings is 1. The van der Waals surface area contributed by atoms with E-state index in [1.807, 2.05) is 59.4 Å². The molecule has 0 spiro atoms. The van der Waals surface area contributed by atoms with Crippen LogP contribution in [0.3, 0.4) is 0 Å². The van der Waals surface area contributed by atoms with E-state index in [2.05, 4.69) is 25.1 Å². The molecule has 9 nitrogen and oxygen atoms in total. The number of rotatable bonds is 8. The van der Waals surface area contributed by atoms with Crippen LogP contribution < -0.4 is 10.0 Å². The summed E-state index contributed by atoms with van der Waals surface area (Å²) < 4.78 is 28.8. The Hall–Kier alpha value is -2.51. The lowest BCUT2D eigenvalue weighted by molar-refractivity contribution is 0.477. The predicted octanol–water partition coefficient (Wildman–Crippen LogP) is 1.87. The number of aromatic nitrogens is 3. The summed E-state index contributed by atoms with van der Waals surface area (Å²) in [6, 6.07) is 13.0. The van der Waals surface area contributed by atoms with Crippen LogP contribution in [0.1, 0.15) is 5.56 Å². The Bertz CT molecular complexity index is 1070. The molecule has 0 aliphatic rings. The van der Waals surface area contributed by atoms with Gasteiger partial charge in [-0.2, -0.15) is 5.10 Å². The number of hydrogen-bond donors (Lipinski definition) is 2. The second-order valence-corrected chi connectivity index (χ2v) is 8.31. The molecular formula is C20H26IN7O2S. The molecule has 3 rings (SSSR count). The molecule has 166 valence electrons. The third kappa shape index (κ3) is 7.01. The normalized spacial score (nSPS) is 11.6. The molecule has 0 aliphatic carbocycles. The van der Waals surface area contributed by atoms with Crippen LogP contribution >= 0.6 is 24.0 Å². The smallest absolute Gasteiger partial charge is 0.242 e. The Morgan fingerprint density at radius 1 is 1.13 bits per heavy atom. The van der Waals surface area contributed by atoms with E-state index in [0.29, 0.717) is 19.0 Å². The van der Waals surface area contributed by atoms with Crippen molar-refractivity contribution in [2.75, 3.05) is 27.2 Å². The highest BCUT2D eigenvalue weighted by molar-refractivity contribution is 14.0. The molecule has 0 saturated heterocycles. The Morgan fingerprint density at radius 3 is 2.58 bits per heavy atom. The molecule has 0 fully saturated rings. The Labute approximate surface area is 199 Å². The van der Waals surface area contributed by atoms with E-state index < -0.39 is 10.0 Å². The lowest BCUT2D eigenvalue weighted by atomic mass is 10.3. The molecule has 31 heavy (non-hydrogen) atoms. The van der Waals surface area contributed by atoms with Crippen LogP contribution in [-0.4, -0.2) is 61.2 Å². The number of halogens is 1. The summed E-state index contributed by atoms with van der Waals surface area (Å²) in [5, 5.41) is 7.56. The second kappa shape index (κ2) is 11.8. The summed E-state index contributed by atoms with van der Waals surface area (Å²) in [6.07, 6.45) is 6.64. The minimum atomic E-state index is -3.57. The van der Waals surface area contributed by atoms with Crippen molar-refractivity contribution in [3.05, 3.63) is 72.8 Å². The second-order valence-electron chi connectivity index (χ2n) is 6.55. The first-order chi connectivity index (χ1) is 14.5. The predicted molar refractivity (Wildman–Crippen MR) is 131 cm³/mol. The molecule has 0 aliphatic heterocycles. The third-order valence-corrected chi connectivity index (χ3v) is 5.74. The van der Waals surface area contributed by atoms with Crippen molar-refractivity contribution in [1.29, 1.82) is 0 Å². The third-order valence-electron chi connectivity index (χ3n) is 4.29. The minimum Gasteiger partial charge on any atom is -0.355 e. The highest BCUT2D eigenvalue weighted by Gasteiger charge is 2.13. The zero-order chi connectivity index (χ0) is 21.4. The fraction of sp³-hybridized carbons (Fsp3) is 0.250. The van der Waals surface area contributed by atoms with Gasteiger partial charge in [0, 0.05) is 57.9 Å². The first-order valence-corrected chi connectivity index (χ1v) is 10.9. The highest BCUT2D eigenvalue weighted by Crippen LogP contribution is 2.09. The Balaban J connectivity index is 0.00000341. The number of guanidine groups is 1. The number of para-hydroxylation sites is 1. The molecule has 0 unspecified atom stereocenters. The number of pyridine rings is 1. The van der Waals surface area contributed by atoms with Crippen LogP contribution in [-0.2, 0) is 16.6 Å². The molecule has 11 heteroatoms. The van der Waals surface area contributed by atoms with Crippen molar-refractivity contribution in [3.63, 3.8) is 0 Å². The molecule has 0 atom stereocenters. The topological polar surface area (TPSA) is 105 Å². The van der Waals surface area contributed by atoms with Gasteiger partial charge in [0.1, 0.15) is 4.90 Å². The molecule has 2 heterocycles. The molecule has 2 N–H and O–H groups in total. The van der Waals surface area contributed by atoms with Gasteiger partial charge < -0.3 is 10.2 Å². The van der Waals surface area contributed by atoms with Crippen molar-refractivity contribution >= 4 is 40.0 Å². The molecule has 1 aromatic carbocycles. The van der Waals surface area contributed by atoms with Gasteiger partial charge in [-0.05, 0) is 24.3 Å². The van der Waals surface area contributed by atoms with E-state index in [9.17, 15) is 8.42 Å². The van der Waals surface area contributed by atoms with Gasteiger partial charge in [-0.15, -0.1) is 24.0 Å². The first kappa shape index (κ1) is 24.8. The average Bonchev–Trinajstić information content (AvgIpc) is 3.23. The molecular weight excluding hydrogens is 529 g/mol. The molecule has 0 saturated carbocycles. The summed E-state index contributed by atoms with van der Waals surface area (Å²) >= 11 is 0. The molecule has 0 radical (unpaired) electrons. The monoisotopic (exact) mass is 555 g/mol. The zero-order valence-corrected chi connectivity index (χ0v) is 20.5. The minimum absolute atomic E-state index is 0. The van der Waals surface area contributed by atoms with Crippen molar-refractivity contribution in [2.24, 2.45) is 4.99 Å². The van der Waals surface area contributed by atoms with Crippen molar-refractivity contribution in [1.82, 2.24) is 29.7 Å². The van der Waals surface area contributed by atoms with Gasteiger partial charge in [-0.25, -0.2) is 17.8 Å². The zero-order valence-electron chi connectivity index (χ0n) is 17.3. The van der Waals surface area contributed by atoms with E-state index in [1.165, 1.54) is 18.5 Å². The average molecular weight is 555 g/mol. The molecule has 0 bridgehead atoms. The van der Waals surface area contributed by atoms with E-state index in [1.54, 1.807) is 13.1 Å². The van der Waals surface area contributed by atoms with Gasteiger partial charge in [0.15, 0.2) is 5.96 Å². The van der Waals surface area contributed by atoms with Gasteiger partial charge in [-0.1, -0.05) is 18.2 Å². The van der Waals surface area contributed by atoms with Crippen molar-refractivity contribution in [2.45, 2.75) is 11.4 Å². The van der Waals surface area contributed by atoms with Gasteiger partial charge in [0.05, 0.1) is 11.9 Å². The number of nitrogens with zero attached hydrogens (tertiary/aromatic N) is 5. The first-order valence-electron chi connectivity index (χ1n) is 9.40. The number of aliphatic imine (C=N–C) groups is 1. The van der Waals surface area contributed by atoms with Crippen LogP contribution in [0, 0.1) is 0 Å². The van der Waals surface area contributed by atoms with E-state index >= 15 is 0 Å².